The van der Waals surface area contributed by atoms with Crippen molar-refractivity contribution in [2.75, 3.05) is 38.7 Å². The molecule has 1 amide bonds. The third-order valence-corrected chi connectivity index (χ3v) is 7.80. The summed E-state index contributed by atoms with van der Waals surface area (Å²) in [6.45, 7) is 1.16. The number of aromatic nitrogens is 3. The van der Waals surface area contributed by atoms with E-state index in [9.17, 15) is 13.2 Å². The summed E-state index contributed by atoms with van der Waals surface area (Å²) in [6.07, 6.45) is 2.28. The van der Waals surface area contributed by atoms with Crippen LogP contribution in [0.25, 0.3) is 11.4 Å². The van der Waals surface area contributed by atoms with Gasteiger partial charge in [0.25, 0.3) is 5.91 Å². The van der Waals surface area contributed by atoms with Crippen molar-refractivity contribution >= 4 is 21.6 Å². The molecule has 2 aromatic carbocycles. The zero-order chi connectivity index (χ0) is 23.7. The van der Waals surface area contributed by atoms with Gasteiger partial charge in [0.15, 0.2) is 5.82 Å². The summed E-state index contributed by atoms with van der Waals surface area (Å²) in [5.74, 6) is 1.77. The predicted octanol–water partition coefficient (Wildman–Crippen LogP) is 2.63. The second-order valence-electron chi connectivity index (χ2n) is 8.23. The molecule has 2 fully saturated rings. The highest BCUT2D eigenvalue weighted by Crippen LogP contribution is 2.38. The van der Waals surface area contributed by atoms with Crippen LogP contribution < -0.4 is 10.1 Å². The van der Waals surface area contributed by atoms with Gasteiger partial charge in [-0.1, -0.05) is 0 Å². The van der Waals surface area contributed by atoms with Crippen molar-refractivity contribution in [3.8, 4) is 17.1 Å². The Balaban J connectivity index is 1.33. The van der Waals surface area contributed by atoms with E-state index in [1.165, 1.54) is 29.6 Å². The number of ether oxygens (including phenoxy) is 2. The van der Waals surface area contributed by atoms with E-state index in [-0.39, 0.29) is 29.3 Å². The average Bonchev–Trinajstić information content (AvgIpc) is 3.61. The van der Waals surface area contributed by atoms with Crippen LogP contribution in [-0.4, -0.2) is 67.2 Å². The number of hydrogen-bond acceptors (Lipinski definition) is 7. The summed E-state index contributed by atoms with van der Waals surface area (Å²) in [5, 5.41) is 10.1. The molecule has 0 atom stereocenters. The molecule has 1 aliphatic heterocycles. The van der Waals surface area contributed by atoms with E-state index in [4.69, 9.17) is 9.47 Å². The summed E-state index contributed by atoms with van der Waals surface area (Å²) < 4.78 is 38.2. The number of amides is 1. The van der Waals surface area contributed by atoms with Crippen LogP contribution in [0.4, 0.5) is 5.69 Å². The van der Waals surface area contributed by atoms with Crippen molar-refractivity contribution in [3.05, 3.63) is 53.9 Å². The van der Waals surface area contributed by atoms with Gasteiger partial charge in [0.2, 0.25) is 10.0 Å². The summed E-state index contributed by atoms with van der Waals surface area (Å²) in [4.78, 5) is 17.4. The summed E-state index contributed by atoms with van der Waals surface area (Å²) in [5.41, 5.74) is 1.62. The number of anilines is 1. The maximum atomic E-state index is 13.2. The number of methoxy groups -OCH3 is 1. The fourth-order valence-electron chi connectivity index (χ4n) is 3.79. The van der Waals surface area contributed by atoms with Gasteiger partial charge in [-0.05, 0) is 55.3 Å². The summed E-state index contributed by atoms with van der Waals surface area (Å²) in [6, 6.07) is 11.6. The number of benzene rings is 2. The molecule has 10 nitrogen and oxygen atoms in total. The number of H-pyrrole nitrogens is 1. The van der Waals surface area contributed by atoms with Crippen LogP contribution in [0.15, 0.2) is 47.4 Å². The Morgan fingerprint density at radius 2 is 1.88 bits per heavy atom. The van der Waals surface area contributed by atoms with Gasteiger partial charge in [-0.3, -0.25) is 9.89 Å². The van der Waals surface area contributed by atoms with E-state index >= 15 is 0 Å². The molecule has 1 saturated heterocycles. The largest absolute Gasteiger partial charge is 0.495 e. The van der Waals surface area contributed by atoms with E-state index in [1.54, 1.807) is 12.1 Å². The average molecular weight is 484 g/mol. The first-order chi connectivity index (χ1) is 16.5. The smallest absolute Gasteiger partial charge is 0.255 e. The second kappa shape index (κ2) is 9.16. The molecule has 3 aromatic rings. The highest BCUT2D eigenvalue weighted by Gasteiger charge is 2.30. The van der Waals surface area contributed by atoms with Gasteiger partial charge in [0.05, 0.1) is 20.3 Å². The minimum atomic E-state index is -3.84. The Labute approximate surface area is 197 Å². The van der Waals surface area contributed by atoms with Crippen LogP contribution >= 0.6 is 0 Å². The lowest BCUT2D eigenvalue weighted by molar-refractivity contribution is 0.0729. The first-order valence-corrected chi connectivity index (χ1v) is 12.5. The molecule has 0 unspecified atom stereocenters. The van der Waals surface area contributed by atoms with Gasteiger partial charge in [0.1, 0.15) is 16.5 Å². The highest BCUT2D eigenvalue weighted by molar-refractivity contribution is 7.89. The Morgan fingerprint density at radius 3 is 2.56 bits per heavy atom. The fraction of sp³-hybridized carbons (Fsp3) is 0.348. The molecule has 11 heteroatoms. The predicted molar refractivity (Wildman–Crippen MR) is 124 cm³/mol. The first-order valence-electron chi connectivity index (χ1n) is 11.1. The maximum absolute atomic E-state index is 13.2. The number of aromatic amines is 1. The van der Waals surface area contributed by atoms with E-state index in [1.807, 2.05) is 12.1 Å². The van der Waals surface area contributed by atoms with Crippen LogP contribution in [0.3, 0.4) is 0 Å². The highest BCUT2D eigenvalue weighted by atomic mass is 32.2. The van der Waals surface area contributed by atoms with Gasteiger partial charge >= 0.3 is 0 Å². The quantitative estimate of drug-likeness (QED) is 0.529. The van der Waals surface area contributed by atoms with E-state index in [0.717, 1.165) is 24.2 Å². The van der Waals surface area contributed by atoms with Crippen molar-refractivity contribution in [2.24, 2.45) is 0 Å². The third kappa shape index (κ3) is 4.54. The SMILES string of the molecule is COc1ccc(C(=O)Nc2ccc(-c3n[nH]c(C4CC4)n3)cc2)cc1S(=O)(=O)N1CCOCC1. The molecule has 5 rings (SSSR count). The Hall–Kier alpha value is -3.28. The lowest BCUT2D eigenvalue weighted by atomic mass is 10.1. The van der Waals surface area contributed by atoms with Crippen LogP contribution in [0.1, 0.15) is 34.9 Å². The Kier molecular flexibility index (Phi) is 6.07. The van der Waals surface area contributed by atoms with Crippen molar-refractivity contribution < 1.29 is 22.7 Å². The van der Waals surface area contributed by atoms with Crippen molar-refractivity contribution in [1.29, 1.82) is 0 Å². The minimum absolute atomic E-state index is 0.0454. The standard InChI is InChI=1S/C23H25N5O5S/c1-32-19-9-6-17(14-20(19)34(30,31)28-10-12-33-13-11-28)23(29)24-18-7-4-16(5-8-18)22-25-21(26-27-22)15-2-3-15/h4-9,14-15H,2-3,10-13H2,1H3,(H,24,29)(H,25,26,27). The van der Waals surface area contributed by atoms with Crippen LogP contribution in [0.2, 0.25) is 0 Å². The normalized spacial score (nSPS) is 16.9. The molecule has 2 heterocycles. The zero-order valence-corrected chi connectivity index (χ0v) is 19.5. The molecular formula is C23H25N5O5S. The number of nitrogens with zero attached hydrogens (tertiary/aromatic N) is 3. The van der Waals surface area contributed by atoms with Gasteiger partial charge in [-0.2, -0.15) is 9.40 Å². The minimum Gasteiger partial charge on any atom is -0.495 e. The molecule has 178 valence electrons. The number of rotatable bonds is 7. The van der Waals surface area contributed by atoms with Crippen LogP contribution in [0.5, 0.6) is 5.75 Å². The fourth-order valence-corrected chi connectivity index (χ4v) is 5.38. The molecule has 1 saturated carbocycles. The Bertz CT molecular complexity index is 1300. The number of carbonyl (C=O) groups is 1. The first kappa shape index (κ1) is 22.5. The van der Waals surface area contributed by atoms with Gasteiger partial charge in [-0.25, -0.2) is 13.4 Å². The van der Waals surface area contributed by atoms with E-state index in [0.29, 0.717) is 30.6 Å². The molecule has 2 N–H and O–H groups in total. The molecular weight excluding hydrogens is 458 g/mol. The zero-order valence-electron chi connectivity index (χ0n) is 18.7. The van der Waals surface area contributed by atoms with Gasteiger partial charge in [0, 0.05) is 35.8 Å². The topological polar surface area (TPSA) is 127 Å². The van der Waals surface area contributed by atoms with Gasteiger partial charge < -0.3 is 14.8 Å². The lowest BCUT2D eigenvalue weighted by Crippen LogP contribution is -2.40. The van der Waals surface area contributed by atoms with E-state index in [2.05, 4.69) is 20.5 Å². The van der Waals surface area contributed by atoms with Crippen molar-refractivity contribution in [2.45, 2.75) is 23.7 Å². The number of hydrogen-bond donors (Lipinski definition) is 2. The number of sulfonamides is 1. The third-order valence-electron chi connectivity index (χ3n) is 5.88. The molecule has 1 aliphatic carbocycles. The maximum Gasteiger partial charge on any atom is 0.255 e. The second-order valence-corrected chi connectivity index (χ2v) is 10.1. The van der Waals surface area contributed by atoms with Crippen LogP contribution in [-0.2, 0) is 14.8 Å². The van der Waals surface area contributed by atoms with Crippen LogP contribution in [0, 0.1) is 0 Å². The molecule has 0 spiro atoms. The molecule has 2 aliphatic rings. The van der Waals surface area contributed by atoms with Crippen molar-refractivity contribution in [3.63, 3.8) is 0 Å². The summed E-state index contributed by atoms with van der Waals surface area (Å²) in [7, 11) is -2.44. The number of nitrogens with one attached hydrogen (secondary N) is 2. The lowest BCUT2D eigenvalue weighted by Gasteiger charge is -2.26. The number of morpholine rings is 1. The van der Waals surface area contributed by atoms with Gasteiger partial charge in [-0.15, -0.1) is 0 Å². The molecule has 0 bridgehead atoms. The molecule has 0 radical (unpaired) electrons. The van der Waals surface area contributed by atoms with Crippen molar-refractivity contribution in [1.82, 2.24) is 19.5 Å². The molecule has 1 aromatic heterocycles. The monoisotopic (exact) mass is 483 g/mol. The Morgan fingerprint density at radius 1 is 1.15 bits per heavy atom. The summed E-state index contributed by atoms with van der Waals surface area (Å²) >= 11 is 0. The van der Waals surface area contributed by atoms with E-state index < -0.39 is 15.9 Å². The molecule has 34 heavy (non-hydrogen) atoms. The number of carbonyl (C=O) groups excluding carboxylic acids is 1.